The monoisotopic (exact) mass is 272 g/mol. The molecule has 1 rings (SSSR count). The minimum absolute atomic E-state index is 0.229. The highest BCUT2D eigenvalue weighted by atomic mass is 35.5. The van der Waals surface area contributed by atoms with Crippen molar-refractivity contribution in [1.82, 2.24) is 5.32 Å². The molecule has 1 unspecified atom stereocenters. The van der Waals surface area contributed by atoms with E-state index >= 15 is 0 Å². The summed E-state index contributed by atoms with van der Waals surface area (Å²) in [5, 5.41) is 11.9. The molecule has 18 heavy (non-hydrogen) atoms. The number of carbonyl (C=O) groups is 2. The van der Waals surface area contributed by atoms with Gasteiger partial charge in [0.25, 0.3) is 5.91 Å². The van der Waals surface area contributed by atoms with Crippen molar-refractivity contribution in [3.63, 3.8) is 0 Å². The number of ether oxygens (including phenoxy) is 1. The molecule has 0 bridgehead atoms. The van der Waals surface area contributed by atoms with Crippen molar-refractivity contribution in [2.45, 2.75) is 6.10 Å². The number of carbonyl (C=O) groups excluding carboxylic acids is 2. The van der Waals surface area contributed by atoms with Gasteiger partial charge < -0.3 is 20.9 Å². The van der Waals surface area contributed by atoms with E-state index in [1.165, 1.54) is 0 Å². The number of hydrogen-bond acceptors (Lipinski definition) is 4. The average Bonchev–Trinajstić information content (AvgIpc) is 2.35. The molecule has 0 fully saturated rings. The van der Waals surface area contributed by atoms with Crippen LogP contribution in [0.25, 0.3) is 0 Å². The second-order valence-corrected chi connectivity index (χ2v) is 3.90. The molecular formula is C11H13ClN2O4. The molecule has 0 spiro atoms. The van der Waals surface area contributed by atoms with Crippen LogP contribution < -0.4 is 15.8 Å². The number of benzene rings is 1. The molecule has 0 saturated carbocycles. The van der Waals surface area contributed by atoms with Crippen molar-refractivity contribution in [1.29, 1.82) is 0 Å². The van der Waals surface area contributed by atoms with E-state index in [9.17, 15) is 9.59 Å². The second-order valence-electron chi connectivity index (χ2n) is 3.46. The third-order valence-corrected chi connectivity index (χ3v) is 2.26. The van der Waals surface area contributed by atoms with Crippen LogP contribution in [-0.4, -0.2) is 36.2 Å². The Bertz CT molecular complexity index is 422. The molecule has 7 heteroatoms. The molecule has 6 nitrogen and oxygen atoms in total. The average molecular weight is 273 g/mol. The highest BCUT2D eigenvalue weighted by Gasteiger charge is 2.12. The predicted molar refractivity (Wildman–Crippen MR) is 65.2 cm³/mol. The Morgan fingerprint density at radius 2 is 2.00 bits per heavy atom. The van der Waals surface area contributed by atoms with E-state index in [-0.39, 0.29) is 13.2 Å². The number of aliphatic hydroxyl groups excluding tert-OH is 1. The second kappa shape index (κ2) is 6.83. The summed E-state index contributed by atoms with van der Waals surface area (Å²) in [5.41, 5.74) is 4.82. The quantitative estimate of drug-likeness (QED) is 0.660. The van der Waals surface area contributed by atoms with Gasteiger partial charge in [-0.25, -0.2) is 0 Å². The first kappa shape index (κ1) is 14.3. The van der Waals surface area contributed by atoms with Gasteiger partial charge >= 0.3 is 0 Å². The maximum atomic E-state index is 11.3. The van der Waals surface area contributed by atoms with Crippen LogP contribution in [0.2, 0.25) is 5.02 Å². The fourth-order valence-corrected chi connectivity index (χ4v) is 1.17. The summed E-state index contributed by atoms with van der Waals surface area (Å²) in [6.45, 7) is -0.467. The van der Waals surface area contributed by atoms with Crippen LogP contribution in [0.4, 0.5) is 0 Å². The van der Waals surface area contributed by atoms with Gasteiger partial charge in [-0.1, -0.05) is 11.6 Å². The summed E-state index contributed by atoms with van der Waals surface area (Å²) in [6, 6.07) is 6.50. The summed E-state index contributed by atoms with van der Waals surface area (Å²) in [5.74, 6) is -0.871. The van der Waals surface area contributed by atoms with Crippen molar-refractivity contribution < 1.29 is 19.4 Å². The van der Waals surface area contributed by atoms with Crippen LogP contribution in [0, 0.1) is 0 Å². The zero-order chi connectivity index (χ0) is 13.5. The van der Waals surface area contributed by atoms with E-state index in [2.05, 4.69) is 5.32 Å². The molecule has 1 aromatic carbocycles. The highest BCUT2D eigenvalue weighted by Crippen LogP contribution is 2.15. The third-order valence-electron chi connectivity index (χ3n) is 2.00. The number of rotatable bonds is 6. The van der Waals surface area contributed by atoms with Gasteiger partial charge in [-0.15, -0.1) is 0 Å². The van der Waals surface area contributed by atoms with Gasteiger partial charge in [0.05, 0.1) is 6.54 Å². The molecule has 0 heterocycles. The lowest BCUT2D eigenvalue weighted by Crippen LogP contribution is -2.41. The SMILES string of the molecule is NC(=O)C(O)CNC(=O)COc1ccc(Cl)cc1. The predicted octanol–water partition coefficient (Wildman–Crippen LogP) is -0.319. The minimum atomic E-state index is -1.40. The molecular weight excluding hydrogens is 260 g/mol. The number of primary amides is 1. The summed E-state index contributed by atoms with van der Waals surface area (Å²) in [6.07, 6.45) is -1.40. The summed E-state index contributed by atoms with van der Waals surface area (Å²) in [4.78, 5) is 21.8. The third kappa shape index (κ3) is 5.03. The fraction of sp³-hybridized carbons (Fsp3) is 0.273. The molecule has 0 saturated heterocycles. The van der Waals surface area contributed by atoms with Gasteiger partial charge in [-0.2, -0.15) is 0 Å². The van der Waals surface area contributed by atoms with Crippen LogP contribution in [-0.2, 0) is 9.59 Å². The smallest absolute Gasteiger partial charge is 0.258 e. The Balaban J connectivity index is 2.29. The Kier molecular flexibility index (Phi) is 5.41. The minimum Gasteiger partial charge on any atom is -0.484 e. The Morgan fingerprint density at radius 3 is 2.56 bits per heavy atom. The van der Waals surface area contributed by atoms with Gasteiger partial charge in [0, 0.05) is 5.02 Å². The van der Waals surface area contributed by atoms with Crippen molar-refractivity contribution in [3.05, 3.63) is 29.3 Å². The first-order valence-corrected chi connectivity index (χ1v) is 5.49. The zero-order valence-electron chi connectivity index (χ0n) is 9.43. The van der Waals surface area contributed by atoms with Crippen LogP contribution in [0.15, 0.2) is 24.3 Å². The molecule has 0 aliphatic carbocycles. The van der Waals surface area contributed by atoms with Crippen LogP contribution >= 0.6 is 11.6 Å². The maximum absolute atomic E-state index is 11.3. The van der Waals surface area contributed by atoms with Crippen LogP contribution in [0.3, 0.4) is 0 Å². The molecule has 4 N–H and O–H groups in total. The summed E-state index contributed by atoms with van der Waals surface area (Å²) >= 11 is 5.68. The maximum Gasteiger partial charge on any atom is 0.258 e. The molecule has 2 amide bonds. The first-order chi connectivity index (χ1) is 8.49. The van der Waals surface area contributed by atoms with Crippen molar-refractivity contribution in [3.8, 4) is 5.75 Å². The molecule has 98 valence electrons. The first-order valence-electron chi connectivity index (χ1n) is 5.11. The summed E-state index contributed by atoms with van der Waals surface area (Å²) < 4.78 is 5.15. The fourth-order valence-electron chi connectivity index (χ4n) is 1.04. The van der Waals surface area contributed by atoms with E-state index < -0.39 is 17.9 Å². The van der Waals surface area contributed by atoms with Crippen molar-refractivity contribution >= 4 is 23.4 Å². The standard InChI is InChI=1S/C11H13ClN2O4/c12-7-1-3-8(4-2-7)18-6-10(16)14-5-9(15)11(13)17/h1-4,9,15H,5-6H2,(H2,13,17)(H,14,16). The zero-order valence-corrected chi connectivity index (χ0v) is 10.2. The van der Waals surface area contributed by atoms with Gasteiger partial charge in [0.1, 0.15) is 11.9 Å². The van der Waals surface area contributed by atoms with E-state index in [1.54, 1.807) is 24.3 Å². The molecule has 0 aromatic heterocycles. The topological polar surface area (TPSA) is 102 Å². The molecule has 1 aromatic rings. The molecule has 1 atom stereocenters. The molecule has 0 aliphatic heterocycles. The lowest BCUT2D eigenvalue weighted by Gasteiger charge is -2.09. The lowest BCUT2D eigenvalue weighted by molar-refractivity contribution is -0.127. The number of nitrogens with one attached hydrogen (secondary N) is 1. The van der Waals surface area contributed by atoms with Crippen LogP contribution in [0.1, 0.15) is 0 Å². The highest BCUT2D eigenvalue weighted by molar-refractivity contribution is 6.30. The number of nitrogens with two attached hydrogens (primary N) is 1. The van der Waals surface area contributed by atoms with Gasteiger partial charge in [-0.3, -0.25) is 9.59 Å². The Hall–Kier alpha value is -1.79. The number of hydrogen-bond donors (Lipinski definition) is 3. The molecule has 0 aliphatic rings. The lowest BCUT2D eigenvalue weighted by atomic mass is 10.3. The normalized spacial score (nSPS) is 11.7. The van der Waals surface area contributed by atoms with Gasteiger partial charge in [-0.05, 0) is 24.3 Å². The largest absolute Gasteiger partial charge is 0.484 e. The number of aliphatic hydroxyl groups is 1. The Morgan fingerprint density at radius 1 is 1.39 bits per heavy atom. The van der Waals surface area contributed by atoms with E-state index in [0.29, 0.717) is 10.8 Å². The Labute approximate surface area is 109 Å². The van der Waals surface area contributed by atoms with Gasteiger partial charge in [0.2, 0.25) is 5.91 Å². The van der Waals surface area contributed by atoms with E-state index in [0.717, 1.165) is 0 Å². The van der Waals surface area contributed by atoms with Gasteiger partial charge in [0.15, 0.2) is 6.61 Å². The number of amides is 2. The van der Waals surface area contributed by atoms with E-state index in [1.807, 2.05) is 0 Å². The van der Waals surface area contributed by atoms with E-state index in [4.69, 9.17) is 27.2 Å². The van der Waals surface area contributed by atoms with Crippen LogP contribution in [0.5, 0.6) is 5.75 Å². The number of halogens is 1. The van der Waals surface area contributed by atoms with Crippen molar-refractivity contribution in [2.24, 2.45) is 5.73 Å². The van der Waals surface area contributed by atoms with Crippen molar-refractivity contribution in [2.75, 3.05) is 13.2 Å². The summed E-state index contributed by atoms with van der Waals surface area (Å²) in [7, 11) is 0. The molecule has 0 radical (unpaired) electrons.